The number of hydrogen-bond donors (Lipinski definition) is 4. The van der Waals surface area contributed by atoms with Crippen LogP contribution in [0.5, 0.6) is 5.75 Å². The number of benzene rings is 1. The molecule has 4 N–H and O–H groups in total. The van der Waals surface area contributed by atoms with Gasteiger partial charge in [-0.1, -0.05) is 18.2 Å². The fourth-order valence-corrected chi connectivity index (χ4v) is 5.01. The molecule has 0 saturated heterocycles. The van der Waals surface area contributed by atoms with Gasteiger partial charge in [0.05, 0.1) is 5.56 Å². The van der Waals surface area contributed by atoms with Crippen LogP contribution in [-0.4, -0.2) is 21.1 Å². The normalized spacial score (nSPS) is 21.6. The van der Waals surface area contributed by atoms with Crippen molar-refractivity contribution < 1.29 is 9.90 Å². The van der Waals surface area contributed by atoms with Crippen molar-refractivity contribution in [1.29, 1.82) is 0 Å². The molecule has 0 saturated carbocycles. The van der Waals surface area contributed by atoms with Crippen LogP contribution in [0.15, 0.2) is 57.8 Å². The molecule has 0 unspecified atom stereocenters. The van der Waals surface area contributed by atoms with Crippen molar-refractivity contribution in [2.24, 2.45) is 0 Å². The van der Waals surface area contributed by atoms with E-state index in [9.17, 15) is 14.7 Å². The summed E-state index contributed by atoms with van der Waals surface area (Å²) < 4.78 is 0. The van der Waals surface area contributed by atoms with Gasteiger partial charge in [0.2, 0.25) is 0 Å². The highest BCUT2D eigenvalue weighted by Gasteiger charge is 2.40. The van der Waals surface area contributed by atoms with Gasteiger partial charge in [-0.15, -0.1) is 11.3 Å². The summed E-state index contributed by atoms with van der Waals surface area (Å²) in [6, 6.07) is 10.8. The van der Waals surface area contributed by atoms with Crippen LogP contribution in [0.1, 0.15) is 40.7 Å². The number of ketones is 1. The number of allylic oxidation sites excluding steroid dienone is 2. The number of H-pyrrole nitrogens is 2. The number of aromatic amines is 2. The number of anilines is 1. The van der Waals surface area contributed by atoms with E-state index in [2.05, 4.69) is 21.6 Å². The largest absolute Gasteiger partial charge is 0.508 e. The molecule has 0 amide bonds. The van der Waals surface area contributed by atoms with E-state index in [1.54, 1.807) is 29.5 Å². The third kappa shape index (κ3) is 2.54. The van der Waals surface area contributed by atoms with E-state index in [4.69, 9.17) is 0 Å². The fourth-order valence-electron chi connectivity index (χ4n) is 4.18. The first-order chi connectivity index (χ1) is 13.1. The van der Waals surface area contributed by atoms with Crippen molar-refractivity contribution in [2.45, 2.75) is 24.7 Å². The third-order valence-corrected chi connectivity index (χ3v) is 6.36. The molecule has 1 aliphatic carbocycles. The first kappa shape index (κ1) is 16.1. The first-order valence-corrected chi connectivity index (χ1v) is 9.66. The zero-order valence-corrected chi connectivity index (χ0v) is 15.1. The second-order valence-electron chi connectivity index (χ2n) is 6.96. The summed E-state index contributed by atoms with van der Waals surface area (Å²) in [4.78, 5) is 26.8. The second kappa shape index (κ2) is 5.99. The molecule has 1 aliphatic heterocycles. The average Bonchev–Trinajstić information content (AvgIpc) is 3.30. The molecule has 136 valence electrons. The second-order valence-corrected chi connectivity index (χ2v) is 7.94. The topological polar surface area (TPSA) is 98.0 Å². The molecular formula is C20H17N3O3S. The predicted octanol–water partition coefficient (Wildman–Crippen LogP) is 3.43. The quantitative estimate of drug-likeness (QED) is 0.548. The van der Waals surface area contributed by atoms with Gasteiger partial charge in [-0.05, 0) is 35.6 Å². The van der Waals surface area contributed by atoms with Crippen molar-refractivity contribution in [2.75, 3.05) is 5.32 Å². The van der Waals surface area contributed by atoms with Gasteiger partial charge < -0.3 is 10.4 Å². The summed E-state index contributed by atoms with van der Waals surface area (Å²) >= 11 is 1.66. The molecule has 0 spiro atoms. The van der Waals surface area contributed by atoms with E-state index < -0.39 is 5.92 Å². The number of carbonyl (C=O) groups excluding carboxylic acids is 1. The SMILES string of the molecule is O=C1C[C@H](c2cccs2)CC2=C1[C@@H](c1cccc(O)c1)c1c([nH][nH]c1=O)N2. The summed E-state index contributed by atoms with van der Waals surface area (Å²) in [7, 11) is 0. The standard InChI is InChI=1S/C20H17N3O3S/c24-12-4-1-3-10(7-12)16-17-13(21-19-18(16)20(26)23-22-19)8-11(9-14(17)25)15-5-2-6-27-15/h1-7,11,16,24H,8-9H2,(H3,21,22,23,26)/t11-,16-/m1/s1. The van der Waals surface area contributed by atoms with Crippen LogP contribution in [0.4, 0.5) is 5.82 Å². The lowest BCUT2D eigenvalue weighted by Gasteiger charge is -2.34. The molecular weight excluding hydrogens is 362 g/mol. The number of Topliss-reactive ketones (excluding diaryl/α,β-unsaturated/α-hetero) is 1. The zero-order valence-electron chi connectivity index (χ0n) is 14.3. The average molecular weight is 379 g/mol. The molecule has 0 radical (unpaired) electrons. The van der Waals surface area contributed by atoms with Gasteiger partial charge >= 0.3 is 0 Å². The van der Waals surface area contributed by atoms with E-state index in [0.29, 0.717) is 29.8 Å². The monoisotopic (exact) mass is 379 g/mol. The van der Waals surface area contributed by atoms with Gasteiger partial charge in [-0.3, -0.25) is 19.8 Å². The number of fused-ring (bicyclic) bond motifs is 1. The Morgan fingerprint density at radius 1 is 1.07 bits per heavy atom. The Morgan fingerprint density at radius 3 is 2.74 bits per heavy atom. The van der Waals surface area contributed by atoms with Gasteiger partial charge in [0, 0.05) is 34.4 Å². The van der Waals surface area contributed by atoms with Gasteiger partial charge in [0.25, 0.3) is 5.56 Å². The Hall–Kier alpha value is -3.06. The number of phenols is 1. The lowest BCUT2D eigenvalue weighted by atomic mass is 9.74. The molecule has 2 aliphatic rings. The van der Waals surface area contributed by atoms with Gasteiger partial charge in [0.15, 0.2) is 5.78 Å². The smallest absolute Gasteiger partial charge is 0.270 e. The molecule has 5 rings (SSSR count). The van der Waals surface area contributed by atoms with E-state index in [1.165, 1.54) is 4.88 Å². The maximum atomic E-state index is 13.2. The number of aromatic hydroxyl groups is 1. The zero-order chi connectivity index (χ0) is 18.5. The molecule has 1 aromatic carbocycles. The summed E-state index contributed by atoms with van der Waals surface area (Å²) in [5, 5.41) is 20.7. The van der Waals surface area contributed by atoms with Gasteiger partial charge in [0.1, 0.15) is 11.6 Å². The summed E-state index contributed by atoms with van der Waals surface area (Å²) in [6.07, 6.45) is 1.14. The Morgan fingerprint density at radius 2 is 1.96 bits per heavy atom. The fraction of sp³-hybridized carbons (Fsp3) is 0.200. The predicted molar refractivity (Wildman–Crippen MR) is 103 cm³/mol. The molecule has 6 nitrogen and oxygen atoms in total. The molecule has 2 atom stereocenters. The molecule has 0 bridgehead atoms. The molecule has 2 aromatic heterocycles. The van der Waals surface area contributed by atoms with Crippen LogP contribution in [0.3, 0.4) is 0 Å². The number of phenolic OH excluding ortho intramolecular Hbond substituents is 1. The highest BCUT2D eigenvalue weighted by Crippen LogP contribution is 2.47. The maximum absolute atomic E-state index is 13.2. The van der Waals surface area contributed by atoms with Crippen LogP contribution in [0.25, 0.3) is 0 Å². The van der Waals surface area contributed by atoms with E-state index in [1.807, 2.05) is 17.5 Å². The maximum Gasteiger partial charge on any atom is 0.270 e. The minimum Gasteiger partial charge on any atom is -0.508 e. The van der Waals surface area contributed by atoms with E-state index in [0.717, 1.165) is 11.3 Å². The molecule has 0 fully saturated rings. The first-order valence-electron chi connectivity index (χ1n) is 8.78. The molecule has 27 heavy (non-hydrogen) atoms. The number of nitrogens with one attached hydrogen (secondary N) is 3. The van der Waals surface area contributed by atoms with E-state index >= 15 is 0 Å². The van der Waals surface area contributed by atoms with Crippen molar-refractivity contribution in [3.63, 3.8) is 0 Å². The Bertz CT molecular complexity index is 1120. The summed E-state index contributed by atoms with van der Waals surface area (Å²) in [6.45, 7) is 0. The van der Waals surface area contributed by atoms with Crippen LogP contribution < -0.4 is 10.9 Å². The van der Waals surface area contributed by atoms with Crippen LogP contribution in [-0.2, 0) is 4.79 Å². The highest BCUT2D eigenvalue weighted by molar-refractivity contribution is 7.10. The number of thiophene rings is 1. The van der Waals surface area contributed by atoms with Crippen molar-refractivity contribution >= 4 is 22.9 Å². The van der Waals surface area contributed by atoms with E-state index in [-0.39, 0.29) is 23.0 Å². The Labute approximate surface area is 158 Å². The van der Waals surface area contributed by atoms with Gasteiger partial charge in [-0.2, -0.15) is 0 Å². The summed E-state index contributed by atoms with van der Waals surface area (Å²) in [5.41, 5.74) is 2.44. The number of hydrogen-bond acceptors (Lipinski definition) is 5. The van der Waals surface area contributed by atoms with Crippen LogP contribution >= 0.6 is 11.3 Å². The lowest BCUT2D eigenvalue weighted by molar-refractivity contribution is -0.116. The number of rotatable bonds is 2. The van der Waals surface area contributed by atoms with Crippen molar-refractivity contribution in [1.82, 2.24) is 10.2 Å². The Balaban J connectivity index is 1.67. The summed E-state index contributed by atoms with van der Waals surface area (Å²) in [5.74, 6) is 0.394. The van der Waals surface area contributed by atoms with Crippen LogP contribution in [0.2, 0.25) is 0 Å². The Kier molecular flexibility index (Phi) is 3.58. The minimum absolute atomic E-state index is 0.0433. The van der Waals surface area contributed by atoms with Gasteiger partial charge in [-0.25, -0.2) is 0 Å². The molecule has 7 heteroatoms. The highest BCUT2D eigenvalue weighted by atomic mass is 32.1. The van der Waals surface area contributed by atoms with Crippen molar-refractivity contribution in [3.8, 4) is 5.75 Å². The van der Waals surface area contributed by atoms with Crippen molar-refractivity contribution in [3.05, 3.63) is 79.4 Å². The lowest BCUT2D eigenvalue weighted by Crippen LogP contribution is -2.31. The molecule has 3 aromatic rings. The third-order valence-electron chi connectivity index (χ3n) is 5.33. The number of carbonyl (C=O) groups is 1. The molecule has 3 heterocycles. The number of aromatic nitrogens is 2. The van der Waals surface area contributed by atoms with Crippen LogP contribution in [0, 0.1) is 0 Å². The minimum atomic E-state index is -0.491.